The van der Waals surface area contributed by atoms with Crippen molar-refractivity contribution in [3.05, 3.63) is 58.1 Å². The zero-order valence-electron chi connectivity index (χ0n) is 10.0. The lowest BCUT2D eigenvalue weighted by Gasteiger charge is -2.06. The van der Waals surface area contributed by atoms with Gasteiger partial charge in [0.05, 0.1) is 23.8 Å². The molecule has 1 aliphatic heterocycles. The van der Waals surface area contributed by atoms with Crippen molar-refractivity contribution in [3.63, 3.8) is 0 Å². The summed E-state index contributed by atoms with van der Waals surface area (Å²) in [5, 5.41) is 9.34. The molecule has 2 aromatic carbocycles. The third-order valence-electron chi connectivity index (χ3n) is 3.25. The monoisotopic (exact) mass is 274 g/mol. The van der Waals surface area contributed by atoms with E-state index in [4.69, 9.17) is 21.4 Å². The lowest BCUT2D eigenvalue weighted by atomic mass is 9.99. The van der Waals surface area contributed by atoms with E-state index in [2.05, 4.69) is 0 Å². The molecule has 0 radical (unpaired) electrons. The van der Waals surface area contributed by atoms with E-state index >= 15 is 0 Å². The summed E-state index contributed by atoms with van der Waals surface area (Å²) in [5.41, 5.74) is 4.29. The zero-order chi connectivity index (χ0) is 13.4. The predicted molar refractivity (Wildman–Crippen MR) is 72.3 cm³/mol. The van der Waals surface area contributed by atoms with Crippen LogP contribution >= 0.6 is 11.6 Å². The van der Waals surface area contributed by atoms with Crippen LogP contribution < -0.4 is 0 Å². The van der Waals surface area contributed by atoms with Crippen molar-refractivity contribution in [2.75, 3.05) is 0 Å². The standard InChI is InChI=1S/C15H11ClO3/c16-14-4-3-10(6-13(14)15(17)18)9-1-2-11-7-19-8-12(11)5-9/h1-6H,7-8H2,(H,17,18). The Kier molecular flexibility index (Phi) is 3.01. The summed E-state index contributed by atoms with van der Waals surface area (Å²) in [4.78, 5) is 11.1. The first-order valence-electron chi connectivity index (χ1n) is 5.88. The highest BCUT2D eigenvalue weighted by molar-refractivity contribution is 6.33. The quantitative estimate of drug-likeness (QED) is 0.907. The number of carboxylic acid groups (broad SMARTS) is 1. The Hall–Kier alpha value is -1.84. The first kappa shape index (κ1) is 12.2. The highest BCUT2D eigenvalue weighted by Crippen LogP contribution is 2.29. The van der Waals surface area contributed by atoms with E-state index in [0.717, 1.165) is 16.7 Å². The molecule has 3 nitrogen and oxygen atoms in total. The number of carboxylic acids is 1. The van der Waals surface area contributed by atoms with Crippen molar-refractivity contribution in [2.24, 2.45) is 0 Å². The van der Waals surface area contributed by atoms with Crippen molar-refractivity contribution in [2.45, 2.75) is 13.2 Å². The SMILES string of the molecule is O=C(O)c1cc(-c2ccc3c(c2)COC3)ccc1Cl. The average Bonchev–Trinajstić information content (AvgIpc) is 2.86. The molecule has 0 spiro atoms. The maximum absolute atomic E-state index is 11.1. The fourth-order valence-electron chi connectivity index (χ4n) is 2.22. The van der Waals surface area contributed by atoms with E-state index in [9.17, 15) is 4.79 Å². The summed E-state index contributed by atoms with van der Waals surface area (Å²) in [6, 6.07) is 11.1. The summed E-state index contributed by atoms with van der Waals surface area (Å²) >= 11 is 5.87. The van der Waals surface area contributed by atoms with Gasteiger partial charge in [0.2, 0.25) is 0 Å². The maximum Gasteiger partial charge on any atom is 0.337 e. The second kappa shape index (κ2) is 4.68. The summed E-state index contributed by atoms with van der Waals surface area (Å²) in [7, 11) is 0. The van der Waals surface area contributed by atoms with Crippen LogP contribution in [0.1, 0.15) is 21.5 Å². The van der Waals surface area contributed by atoms with E-state index < -0.39 is 5.97 Å². The third-order valence-corrected chi connectivity index (χ3v) is 3.58. The minimum atomic E-state index is -1.02. The molecule has 19 heavy (non-hydrogen) atoms. The lowest BCUT2D eigenvalue weighted by Crippen LogP contribution is -1.97. The Morgan fingerprint density at radius 2 is 1.74 bits per heavy atom. The second-order valence-corrected chi connectivity index (χ2v) is 4.88. The fourth-order valence-corrected chi connectivity index (χ4v) is 2.42. The van der Waals surface area contributed by atoms with Crippen molar-refractivity contribution in [1.29, 1.82) is 0 Å². The highest BCUT2D eigenvalue weighted by atomic mass is 35.5. The molecular weight excluding hydrogens is 264 g/mol. The molecule has 0 fully saturated rings. The van der Waals surface area contributed by atoms with Gasteiger partial charge in [0.25, 0.3) is 0 Å². The van der Waals surface area contributed by atoms with Gasteiger partial charge in [-0.15, -0.1) is 0 Å². The molecule has 0 unspecified atom stereocenters. The number of ether oxygens (including phenoxy) is 1. The van der Waals surface area contributed by atoms with Gasteiger partial charge in [0.15, 0.2) is 0 Å². The van der Waals surface area contributed by atoms with Crippen molar-refractivity contribution < 1.29 is 14.6 Å². The number of rotatable bonds is 2. The number of halogens is 1. The molecule has 1 N–H and O–H groups in total. The topological polar surface area (TPSA) is 46.5 Å². The van der Waals surface area contributed by atoms with Gasteiger partial charge < -0.3 is 9.84 Å². The largest absolute Gasteiger partial charge is 0.478 e. The van der Waals surface area contributed by atoms with Gasteiger partial charge in [0.1, 0.15) is 0 Å². The van der Waals surface area contributed by atoms with Crippen LogP contribution in [0.3, 0.4) is 0 Å². The lowest BCUT2D eigenvalue weighted by molar-refractivity contribution is 0.0697. The van der Waals surface area contributed by atoms with Crippen LogP contribution in [-0.4, -0.2) is 11.1 Å². The number of aromatic carboxylic acids is 1. The molecule has 96 valence electrons. The third kappa shape index (κ3) is 2.23. The summed E-state index contributed by atoms with van der Waals surface area (Å²) < 4.78 is 5.37. The minimum absolute atomic E-state index is 0.121. The van der Waals surface area contributed by atoms with Crippen LogP contribution in [0.15, 0.2) is 36.4 Å². The molecule has 0 amide bonds. The average molecular weight is 275 g/mol. The van der Waals surface area contributed by atoms with Gasteiger partial charge in [-0.2, -0.15) is 0 Å². The Balaban J connectivity index is 2.07. The normalized spacial score (nSPS) is 13.3. The van der Waals surface area contributed by atoms with Crippen molar-refractivity contribution in [1.82, 2.24) is 0 Å². The Labute approximate surface area is 115 Å². The van der Waals surface area contributed by atoms with Crippen LogP contribution in [-0.2, 0) is 18.0 Å². The molecule has 0 bridgehead atoms. The minimum Gasteiger partial charge on any atom is -0.478 e. The molecule has 1 aliphatic rings. The van der Waals surface area contributed by atoms with Gasteiger partial charge in [-0.3, -0.25) is 0 Å². The predicted octanol–water partition coefficient (Wildman–Crippen LogP) is 3.74. The van der Waals surface area contributed by atoms with Crippen LogP contribution in [0.2, 0.25) is 5.02 Å². The van der Waals surface area contributed by atoms with Gasteiger partial charge >= 0.3 is 5.97 Å². The molecule has 1 heterocycles. The zero-order valence-corrected chi connectivity index (χ0v) is 10.8. The van der Waals surface area contributed by atoms with E-state index in [1.165, 1.54) is 5.56 Å². The number of hydrogen-bond acceptors (Lipinski definition) is 2. The molecule has 3 rings (SSSR count). The van der Waals surface area contributed by atoms with Crippen LogP contribution in [0, 0.1) is 0 Å². The van der Waals surface area contributed by atoms with Crippen LogP contribution in [0.4, 0.5) is 0 Å². The molecule has 0 saturated heterocycles. The second-order valence-electron chi connectivity index (χ2n) is 4.48. The molecule has 0 saturated carbocycles. The van der Waals surface area contributed by atoms with Gasteiger partial charge in [-0.1, -0.05) is 29.8 Å². The summed E-state index contributed by atoms with van der Waals surface area (Å²) in [5.74, 6) is -1.02. The molecular formula is C15H11ClO3. The van der Waals surface area contributed by atoms with E-state index in [1.54, 1.807) is 12.1 Å². The first-order valence-corrected chi connectivity index (χ1v) is 6.26. The maximum atomic E-state index is 11.1. The highest BCUT2D eigenvalue weighted by Gasteiger charge is 2.14. The summed E-state index contributed by atoms with van der Waals surface area (Å²) in [6.45, 7) is 1.26. The number of hydrogen-bond donors (Lipinski definition) is 1. The Morgan fingerprint density at radius 1 is 1.05 bits per heavy atom. The van der Waals surface area contributed by atoms with Crippen molar-refractivity contribution >= 4 is 17.6 Å². The fraction of sp³-hybridized carbons (Fsp3) is 0.133. The van der Waals surface area contributed by atoms with Gasteiger partial charge in [-0.05, 0) is 40.5 Å². The molecule has 0 atom stereocenters. The Bertz CT molecular complexity index is 664. The van der Waals surface area contributed by atoms with E-state index in [-0.39, 0.29) is 10.6 Å². The van der Waals surface area contributed by atoms with Crippen LogP contribution in [0.5, 0.6) is 0 Å². The molecule has 4 heteroatoms. The number of fused-ring (bicyclic) bond motifs is 1. The van der Waals surface area contributed by atoms with E-state index in [1.807, 2.05) is 24.3 Å². The summed E-state index contributed by atoms with van der Waals surface area (Å²) in [6.07, 6.45) is 0. The molecule has 2 aromatic rings. The Morgan fingerprint density at radius 3 is 2.53 bits per heavy atom. The first-order chi connectivity index (χ1) is 9.15. The molecule has 0 aliphatic carbocycles. The van der Waals surface area contributed by atoms with Gasteiger partial charge in [0, 0.05) is 0 Å². The van der Waals surface area contributed by atoms with E-state index in [0.29, 0.717) is 13.2 Å². The van der Waals surface area contributed by atoms with Crippen molar-refractivity contribution in [3.8, 4) is 11.1 Å². The smallest absolute Gasteiger partial charge is 0.337 e. The van der Waals surface area contributed by atoms with Gasteiger partial charge in [-0.25, -0.2) is 4.79 Å². The van der Waals surface area contributed by atoms with Crippen LogP contribution in [0.25, 0.3) is 11.1 Å². The number of carbonyl (C=O) groups is 1. The molecule has 0 aromatic heterocycles. The number of benzene rings is 2.